The lowest BCUT2D eigenvalue weighted by Gasteiger charge is -2.12. The molecule has 0 aliphatic rings. The number of aromatic nitrogens is 1. The van der Waals surface area contributed by atoms with E-state index in [4.69, 9.17) is 16.3 Å². The first kappa shape index (κ1) is 22.3. The Morgan fingerprint density at radius 1 is 1.24 bits per heavy atom. The number of carbonyl (C=O) groups excluding carboxylic acids is 1. The molecule has 0 saturated carbocycles. The van der Waals surface area contributed by atoms with Gasteiger partial charge in [-0.25, -0.2) is 4.98 Å². The number of benzene rings is 2. The number of ether oxygens (including phenoxy) is 1. The molecule has 0 unspecified atom stereocenters. The van der Waals surface area contributed by atoms with Gasteiger partial charge in [-0.15, -0.1) is 11.3 Å². The van der Waals surface area contributed by atoms with Gasteiger partial charge in [0, 0.05) is 19.9 Å². The number of hydrogen-bond acceptors (Lipinski definition) is 4. The van der Waals surface area contributed by atoms with Crippen LogP contribution in [0.3, 0.4) is 0 Å². The van der Waals surface area contributed by atoms with Gasteiger partial charge in [0.15, 0.2) is 11.7 Å². The summed E-state index contributed by atoms with van der Waals surface area (Å²) in [7, 11) is 0. The first-order valence-electron chi connectivity index (χ1n) is 8.93. The number of carbonyl (C=O) groups is 1. The summed E-state index contributed by atoms with van der Waals surface area (Å²) in [5.41, 5.74) is 3.70. The van der Waals surface area contributed by atoms with Gasteiger partial charge in [-0.1, -0.05) is 46.6 Å². The Hall–Kier alpha value is -1.41. The third kappa shape index (κ3) is 5.20. The minimum absolute atomic E-state index is 0.117. The molecule has 3 rings (SSSR count). The van der Waals surface area contributed by atoms with Crippen LogP contribution in [0.1, 0.15) is 22.9 Å². The Bertz CT molecular complexity index is 1050. The fraction of sp³-hybridized carbons (Fsp3) is 0.238. The lowest BCUT2D eigenvalue weighted by Crippen LogP contribution is -2.20. The molecule has 0 bridgehead atoms. The molecule has 8 heteroatoms. The second-order valence-corrected chi connectivity index (χ2v) is 9.60. The molecule has 0 spiro atoms. The smallest absolute Gasteiger partial charge is 0.264 e. The highest BCUT2D eigenvalue weighted by Crippen LogP contribution is 2.36. The Labute approximate surface area is 195 Å². The zero-order valence-corrected chi connectivity index (χ0v) is 20.9. The molecule has 1 heterocycles. The molecule has 0 radical (unpaired) electrons. The van der Waals surface area contributed by atoms with Crippen LogP contribution in [-0.4, -0.2) is 17.5 Å². The predicted octanol–water partition coefficient (Wildman–Crippen LogP) is 7.19. The van der Waals surface area contributed by atoms with Crippen LogP contribution in [0.25, 0.3) is 11.3 Å². The SMILES string of the molecule is CCc1sc(NC(=O)COc2cc(C)c(Cl)c(C)c2Br)nc1-c1ccc(Br)cc1. The van der Waals surface area contributed by atoms with Crippen molar-refractivity contribution in [1.29, 1.82) is 0 Å². The minimum Gasteiger partial charge on any atom is -0.483 e. The number of nitrogens with zero attached hydrogens (tertiary/aromatic N) is 1. The van der Waals surface area contributed by atoms with Crippen molar-refractivity contribution >= 4 is 65.8 Å². The van der Waals surface area contributed by atoms with E-state index in [2.05, 4.69) is 49.1 Å². The van der Waals surface area contributed by atoms with E-state index in [-0.39, 0.29) is 12.5 Å². The van der Waals surface area contributed by atoms with Gasteiger partial charge in [-0.2, -0.15) is 0 Å². The molecule has 0 fully saturated rings. The number of halogens is 3. The fourth-order valence-corrected chi connectivity index (χ4v) is 4.68. The van der Waals surface area contributed by atoms with Crippen LogP contribution in [0.15, 0.2) is 39.3 Å². The van der Waals surface area contributed by atoms with Crippen molar-refractivity contribution in [2.24, 2.45) is 0 Å². The lowest BCUT2D eigenvalue weighted by atomic mass is 10.1. The van der Waals surface area contributed by atoms with Crippen LogP contribution < -0.4 is 10.1 Å². The molecule has 0 aliphatic carbocycles. The average molecular weight is 559 g/mol. The van der Waals surface area contributed by atoms with Gasteiger partial charge < -0.3 is 4.74 Å². The van der Waals surface area contributed by atoms with Crippen molar-refractivity contribution < 1.29 is 9.53 Å². The van der Waals surface area contributed by atoms with Crippen molar-refractivity contribution in [3.63, 3.8) is 0 Å². The van der Waals surface area contributed by atoms with Gasteiger partial charge in [-0.05, 0) is 65.5 Å². The van der Waals surface area contributed by atoms with Gasteiger partial charge in [0.05, 0.1) is 10.2 Å². The maximum absolute atomic E-state index is 12.4. The van der Waals surface area contributed by atoms with Crippen molar-refractivity contribution in [2.75, 3.05) is 11.9 Å². The van der Waals surface area contributed by atoms with Crippen molar-refractivity contribution in [3.8, 4) is 17.0 Å². The maximum Gasteiger partial charge on any atom is 0.264 e. The summed E-state index contributed by atoms with van der Waals surface area (Å²) in [5, 5.41) is 4.09. The van der Waals surface area contributed by atoms with Crippen LogP contribution in [0, 0.1) is 13.8 Å². The molecule has 4 nitrogen and oxygen atoms in total. The third-order valence-electron chi connectivity index (χ3n) is 4.31. The quantitative estimate of drug-likeness (QED) is 0.349. The molecule has 152 valence electrons. The molecule has 1 N–H and O–H groups in total. The molecule has 29 heavy (non-hydrogen) atoms. The number of aryl methyl sites for hydroxylation is 2. The van der Waals surface area contributed by atoms with Crippen LogP contribution >= 0.6 is 54.8 Å². The molecule has 0 atom stereocenters. The van der Waals surface area contributed by atoms with Crippen LogP contribution in [0.2, 0.25) is 5.02 Å². The number of anilines is 1. The van der Waals surface area contributed by atoms with Crippen LogP contribution in [0.5, 0.6) is 5.75 Å². The zero-order valence-electron chi connectivity index (χ0n) is 16.1. The molecular weight excluding hydrogens is 540 g/mol. The topological polar surface area (TPSA) is 51.2 Å². The Morgan fingerprint density at radius 2 is 1.93 bits per heavy atom. The second-order valence-electron chi connectivity index (χ2n) is 6.43. The minimum atomic E-state index is -0.263. The Morgan fingerprint density at radius 3 is 2.59 bits per heavy atom. The van der Waals surface area contributed by atoms with E-state index in [1.807, 2.05) is 44.2 Å². The summed E-state index contributed by atoms with van der Waals surface area (Å²) in [5.74, 6) is 0.324. The van der Waals surface area contributed by atoms with Gasteiger partial charge in [0.25, 0.3) is 5.91 Å². The Kier molecular flexibility index (Phi) is 7.37. The normalized spacial score (nSPS) is 10.8. The number of nitrogens with one attached hydrogen (secondary N) is 1. The molecule has 3 aromatic rings. The first-order chi connectivity index (χ1) is 13.8. The first-order valence-corrected chi connectivity index (χ1v) is 11.7. The van der Waals surface area contributed by atoms with E-state index >= 15 is 0 Å². The monoisotopic (exact) mass is 556 g/mol. The molecule has 1 amide bonds. The van der Waals surface area contributed by atoms with E-state index in [1.54, 1.807) is 0 Å². The van der Waals surface area contributed by atoms with Gasteiger partial charge in [0.2, 0.25) is 0 Å². The highest BCUT2D eigenvalue weighted by atomic mass is 79.9. The summed E-state index contributed by atoms with van der Waals surface area (Å²) < 4.78 is 7.47. The van der Waals surface area contributed by atoms with Crippen molar-refractivity contribution in [1.82, 2.24) is 4.98 Å². The van der Waals surface area contributed by atoms with E-state index in [0.29, 0.717) is 15.9 Å². The zero-order chi connectivity index (χ0) is 21.1. The number of rotatable bonds is 6. The van der Waals surface area contributed by atoms with Crippen molar-refractivity contribution in [2.45, 2.75) is 27.2 Å². The van der Waals surface area contributed by atoms with E-state index in [0.717, 1.165) is 42.6 Å². The van der Waals surface area contributed by atoms with Crippen molar-refractivity contribution in [3.05, 3.63) is 60.3 Å². The van der Waals surface area contributed by atoms with Crippen LogP contribution in [-0.2, 0) is 11.2 Å². The number of amides is 1. The highest BCUT2D eigenvalue weighted by Gasteiger charge is 2.16. The standard InChI is InChI=1S/C21H19Br2ClN2O2S/c1-4-16-20(13-5-7-14(22)8-6-13)26-21(29-16)25-17(27)10-28-15-9-11(2)19(24)12(3)18(15)23/h5-9H,4,10H2,1-3H3,(H,25,26,27). The number of hydrogen-bond donors (Lipinski definition) is 1. The third-order valence-corrected chi connectivity index (χ3v) is 7.52. The second kappa shape index (κ2) is 9.60. The average Bonchev–Trinajstić information content (AvgIpc) is 3.11. The van der Waals surface area contributed by atoms with E-state index < -0.39 is 0 Å². The largest absolute Gasteiger partial charge is 0.483 e. The van der Waals surface area contributed by atoms with E-state index in [1.165, 1.54) is 11.3 Å². The number of thiazole rings is 1. The summed E-state index contributed by atoms with van der Waals surface area (Å²) in [6.45, 7) is 5.76. The molecule has 2 aromatic carbocycles. The Balaban J connectivity index is 1.71. The molecule has 1 aromatic heterocycles. The summed E-state index contributed by atoms with van der Waals surface area (Å²) >= 11 is 14.6. The van der Waals surface area contributed by atoms with Crippen LogP contribution in [0.4, 0.5) is 5.13 Å². The van der Waals surface area contributed by atoms with Gasteiger partial charge in [0.1, 0.15) is 5.75 Å². The fourth-order valence-electron chi connectivity index (χ4n) is 2.78. The van der Waals surface area contributed by atoms with E-state index in [9.17, 15) is 4.79 Å². The van der Waals surface area contributed by atoms with Gasteiger partial charge in [-0.3, -0.25) is 10.1 Å². The van der Waals surface area contributed by atoms with Gasteiger partial charge >= 0.3 is 0 Å². The molecule has 0 saturated heterocycles. The summed E-state index contributed by atoms with van der Waals surface area (Å²) in [6.07, 6.45) is 0.839. The highest BCUT2D eigenvalue weighted by molar-refractivity contribution is 9.10. The maximum atomic E-state index is 12.4. The molecular formula is C21H19Br2ClN2O2S. The molecule has 0 aliphatic heterocycles. The lowest BCUT2D eigenvalue weighted by molar-refractivity contribution is -0.118. The predicted molar refractivity (Wildman–Crippen MR) is 127 cm³/mol. The summed E-state index contributed by atoms with van der Waals surface area (Å²) in [6, 6.07) is 9.80. The summed E-state index contributed by atoms with van der Waals surface area (Å²) in [4.78, 5) is 18.1.